The van der Waals surface area contributed by atoms with E-state index < -0.39 is 18.1 Å². The van der Waals surface area contributed by atoms with Crippen molar-refractivity contribution in [3.05, 3.63) is 35.9 Å². The maximum absolute atomic E-state index is 11.6. The summed E-state index contributed by atoms with van der Waals surface area (Å²) in [5, 5.41) is 2.31. The van der Waals surface area contributed by atoms with Crippen molar-refractivity contribution in [2.45, 2.75) is 26.0 Å². The van der Waals surface area contributed by atoms with Gasteiger partial charge in [-0.25, -0.2) is 9.59 Å². The molecule has 8 heteroatoms. The number of halogens is 1. The monoisotopic (exact) mass is 421 g/mol. The topological polar surface area (TPSA) is 81.7 Å². The number of alkyl carbamates (subject to hydrolysis) is 1. The van der Waals surface area contributed by atoms with E-state index in [0.717, 1.165) is 5.56 Å². The van der Waals surface area contributed by atoms with E-state index in [1.807, 2.05) is 18.2 Å². The molecule has 1 rings (SSSR count). The molecular weight excluding hydrogens is 406 g/mol. The molecular formula is C14H17BrCuNO5. The number of amides is 1. The van der Waals surface area contributed by atoms with Gasteiger partial charge in [0.2, 0.25) is 0 Å². The van der Waals surface area contributed by atoms with Crippen molar-refractivity contribution in [2.75, 3.05) is 7.11 Å². The van der Waals surface area contributed by atoms with Crippen molar-refractivity contribution in [2.24, 2.45) is 0 Å². The van der Waals surface area contributed by atoms with Gasteiger partial charge in [-0.3, -0.25) is 4.79 Å². The summed E-state index contributed by atoms with van der Waals surface area (Å²) in [6.45, 7) is 1.41. The number of carbonyl (C=O) groups excluding carboxylic acids is 3. The minimum absolute atomic E-state index is 0.0840. The standard InChI is InChI=1S/C14H17NO5.BrH.Cu/c1-10(16)8-12(13(17)19-2)15-14(18)20-9-11-6-4-3-5-7-11;;/h3-7,12H,8-9H2,1-2H3,(H,15,18);1H;/q;;+1/p-1/t12-;;/m0../s1. The summed E-state index contributed by atoms with van der Waals surface area (Å²) in [7, 11) is 1.19. The summed E-state index contributed by atoms with van der Waals surface area (Å²) in [5.41, 5.74) is 0.823. The molecule has 1 amide bonds. The molecule has 0 saturated carbocycles. The van der Waals surface area contributed by atoms with Gasteiger partial charge in [-0.2, -0.15) is 0 Å². The fourth-order valence-electron chi connectivity index (χ4n) is 1.53. The van der Waals surface area contributed by atoms with Gasteiger partial charge >= 0.3 is 40.4 Å². The Bertz CT molecular complexity index is 483. The quantitative estimate of drug-likeness (QED) is 0.562. The third-order valence-electron chi connectivity index (χ3n) is 2.48. The predicted molar refractivity (Wildman–Crippen MR) is 79.8 cm³/mol. The summed E-state index contributed by atoms with van der Waals surface area (Å²) < 4.78 is 9.48. The number of ether oxygens (including phenoxy) is 2. The van der Waals surface area contributed by atoms with Crippen LogP contribution in [0.2, 0.25) is 0 Å². The molecule has 126 valence electrons. The van der Waals surface area contributed by atoms with Gasteiger partial charge in [0.15, 0.2) is 0 Å². The zero-order valence-electron chi connectivity index (χ0n) is 12.1. The Balaban J connectivity index is 0.00000211. The van der Waals surface area contributed by atoms with Gasteiger partial charge in [-0.1, -0.05) is 30.3 Å². The second-order valence-corrected chi connectivity index (χ2v) is 4.19. The number of hydrogen-bond acceptors (Lipinski definition) is 5. The van der Waals surface area contributed by atoms with Crippen LogP contribution in [-0.2, 0) is 39.9 Å². The summed E-state index contributed by atoms with van der Waals surface area (Å²) in [4.78, 5) is 34.0. The Kier molecular flexibility index (Phi) is 11.4. The van der Waals surface area contributed by atoms with Crippen molar-refractivity contribution in [3.63, 3.8) is 0 Å². The van der Waals surface area contributed by atoms with Gasteiger partial charge in [0.25, 0.3) is 0 Å². The summed E-state index contributed by atoms with van der Waals surface area (Å²) in [5.74, 6) is -0.916. The summed E-state index contributed by atoms with van der Waals surface area (Å²) in [6, 6.07) is 8.08. The van der Waals surface area contributed by atoms with Gasteiger partial charge in [0, 0.05) is 6.42 Å². The van der Waals surface area contributed by atoms with E-state index in [0.29, 0.717) is 0 Å². The number of ketones is 1. The molecule has 1 N–H and O–H groups in total. The van der Waals surface area contributed by atoms with E-state index in [1.165, 1.54) is 14.0 Å². The van der Waals surface area contributed by atoms with Crippen LogP contribution >= 0.6 is 14.1 Å². The van der Waals surface area contributed by atoms with Crippen molar-refractivity contribution in [3.8, 4) is 0 Å². The number of Topliss-reactive ketones (excluding diaryl/α,β-unsaturated/α-hetero) is 1. The summed E-state index contributed by atoms with van der Waals surface area (Å²) in [6.07, 6.45) is -0.905. The van der Waals surface area contributed by atoms with Crippen LogP contribution in [0, 0.1) is 0 Å². The van der Waals surface area contributed by atoms with E-state index in [4.69, 9.17) is 4.74 Å². The minimum atomic E-state index is -1.03. The van der Waals surface area contributed by atoms with E-state index >= 15 is 0 Å². The first kappa shape index (κ1) is 20.6. The molecule has 1 aromatic rings. The Morgan fingerprint density at radius 2 is 1.82 bits per heavy atom. The molecule has 0 heterocycles. The molecule has 0 fully saturated rings. The van der Waals surface area contributed by atoms with Crippen LogP contribution < -0.4 is 5.32 Å². The van der Waals surface area contributed by atoms with Gasteiger partial charge in [-0.05, 0) is 12.5 Å². The van der Waals surface area contributed by atoms with Crippen LogP contribution in [0.5, 0.6) is 0 Å². The van der Waals surface area contributed by atoms with Crippen LogP contribution in [0.1, 0.15) is 18.9 Å². The molecule has 0 aliphatic heterocycles. The second kappa shape index (κ2) is 12.2. The molecule has 1 atom stereocenters. The van der Waals surface area contributed by atoms with Crippen molar-refractivity contribution >= 4 is 32.0 Å². The number of carbonyl (C=O) groups is 3. The number of hydrogen-bond donors (Lipinski definition) is 1. The van der Waals surface area contributed by atoms with Crippen molar-refractivity contribution in [1.29, 1.82) is 0 Å². The Morgan fingerprint density at radius 1 is 1.23 bits per heavy atom. The predicted octanol–water partition coefficient (Wildman–Crippen LogP) is 2.28. The van der Waals surface area contributed by atoms with E-state index in [2.05, 4.69) is 38.4 Å². The average molecular weight is 423 g/mol. The third kappa shape index (κ3) is 8.81. The number of benzene rings is 1. The van der Waals surface area contributed by atoms with Crippen molar-refractivity contribution < 1.29 is 38.1 Å². The number of methoxy groups -OCH3 is 1. The molecule has 0 aromatic heterocycles. The van der Waals surface area contributed by atoms with E-state index in [9.17, 15) is 14.4 Å². The fraction of sp³-hybridized carbons (Fsp3) is 0.357. The maximum atomic E-state index is 11.6. The molecule has 1 aromatic carbocycles. The fourth-order valence-corrected chi connectivity index (χ4v) is 1.53. The van der Waals surface area contributed by atoms with E-state index in [-0.39, 0.29) is 18.8 Å². The summed E-state index contributed by atoms with van der Waals surface area (Å²) >= 11 is 6.50. The zero-order valence-corrected chi connectivity index (χ0v) is 14.6. The zero-order chi connectivity index (χ0) is 17.0. The third-order valence-corrected chi connectivity index (χ3v) is 2.48. The second-order valence-electron chi connectivity index (χ2n) is 4.19. The number of nitrogens with one attached hydrogen (secondary N) is 1. The van der Waals surface area contributed by atoms with Crippen molar-refractivity contribution in [1.82, 2.24) is 5.32 Å². The van der Waals surface area contributed by atoms with Gasteiger partial charge in [-0.15, -0.1) is 0 Å². The molecule has 0 bridgehead atoms. The Morgan fingerprint density at radius 3 is 2.32 bits per heavy atom. The SMILES string of the molecule is COC(=O)[C@H](CC(C)=O)NC(=O)OCc1ccccc1.[Cu][Br]. The van der Waals surface area contributed by atoms with Crippen LogP contribution in [0.25, 0.3) is 0 Å². The van der Waals surface area contributed by atoms with Crippen LogP contribution in [0.3, 0.4) is 0 Å². The first-order valence-electron chi connectivity index (χ1n) is 6.18. The molecule has 22 heavy (non-hydrogen) atoms. The molecule has 0 aliphatic rings. The number of rotatable bonds is 6. The van der Waals surface area contributed by atoms with Crippen LogP contribution in [0.15, 0.2) is 30.3 Å². The van der Waals surface area contributed by atoms with Gasteiger partial charge in [0.1, 0.15) is 18.4 Å². The first-order valence-corrected chi connectivity index (χ1v) is 8.51. The van der Waals surface area contributed by atoms with Gasteiger partial charge < -0.3 is 14.8 Å². The molecule has 0 spiro atoms. The Hall–Kier alpha value is -1.37. The molecule has 6 nitrogen and oxygen atoms in total. The average Bonchev–Trinajstić information content (AvgIpc) is 2.54. The molecule has 0 unspecified atom stereocenters. The van der Waals surface area contributed by atoms with E-state index in [1.54, 1.807) is 12.1 Å². The molecule has 0 radical (unpaired) electrons. The normalized spacial score (nSPS) is 10.6. The van der Waals surface area contributed by atoms with Crippen LogP contribution in [-0.4, -0.2) is 31.0 Å². The first-order chi connectivity index (χ1) is 10.5. The van der Waals surface area contributed by atoms with Crippen LogP contribution in [0.4, 0.5) is 4.79 Å². The number of esters is 1. The molecule has 0 saturated heterocycles. The van der Waals surface area contributed by atoms with Gasteiger partial charge in [0.05, 0.1) is 7.11 Å². The Labute approximate surface area is 144 Å². The molecule has 0 aliphatic carbocycles.